The summed E-state index contributed by atoms with van der Waals surface area (Å²) in [6.45, 7) is 4.16. The predicted molar refractivity (Wildman–Crippen MR) is 88.0 cm³/mol. The number of nitrogens with one attached hydrogen (secondary N) is 2. The van der Waals surface area contributed by atoms with E-state index in [0.717, 1.165) is 50.5 Å². The van der Waals surface area contributed by atoms with E-state index < -0.39 is 0 Å². The molecule has 0 saturated heterocycles. The normalized spacial score (nSPS) is 14.2. The Balaban J connectivity index is 3.73. The molecule has 3 nitrogen and oxygen atoms in total. The summed E-state index contributed by atoms with van der Waals surface area (Å²) in [4.78, 5) is 0. The van der Waals surface area contributed by atoms with Crippen LogP contribution in [-0.4, -0.2) is 23.6 Å². The Hall–Kier alpha value is -1.22. The van der Waals surface area contributed by atoms with Crippen molar-refractivity contribution in [2.45, 2.75) is 71.3 Å². The van der Waals surface area contributed by atoms with Crippen molar-refractivity contribution in [2.75, 3.05) is 0 Å². The molecular formula is C17H30N2O. The first kappa shape index (κ1) is 18.8. The van der Waals surface area contributed by atoms with Gasteiger partial charge in [0.2, 0.25) is 0 Å². The molecule has 0 aromatic carbocycles. The monoisotopic (exact) mass is 278 g/mol. The average Bonchev–Trinajstić information content (AvgIpc) is 2.44. The molecule has 1 unspecified atom stereocenters. The molecule has 0 amide bonds. The number of hydrogen-bond acceptors (Lipinski definition) is 3. The lowest BCUT2D eigenvalue weighted by atomic mass is 10.0. The third-order valence-electron chi connectivity index (χ3n) is 3.35. The predicted octanol–water partition coefficient (Wildman–Crippen LogP) is 4.66. The van der Waals surface area contributed by atoms with E-state index in [1.54, 1.807) is 0 Å². The molecule has 0 aliphatic rings. The molecule has 3 N–H and O–H groups in total. The molecule has 20 heavy (non-hydrogen) atoms. The lowest BCUT2D eigenvalue weighted by Crippen LogP contribution is -2.06. The first-order valence-corrected chi connectivity index (χ1v) is 7.66. The Bertz CT molecular complexity index is 332. The third-order valence-corrected chi connectivity index (χ3v) is 3.35. The molecule has 0 heterocycles. The molecule has 114 valence electrons. The fraction of sp³-hybridized carbons (Fsp3) is 0.647. The van der Waals surface area contributed by atoms with Gasteiger partial charge in [-0.05, 0) is 63.7 Å². The zero-order chi connectivity index (χ0) is 15.2. The number of aliphatic hydroxyl groups excluding tert-OH is 1. The van der Waals surface area contributed by atoms with Crippen LogP contribution in [0.25, 0.3) is 0 Å². The largest absolute Gasteiger partial charge is 0.393 e. The first-order valence-electron chi connectivity index (χ1n) is 7.66. The van der Waals surface area contributed by atoms with Crippen molar-refractivity contribution in [1.82, 2.24) is 0 Å². The molecule has 0 rings (SSSR count). The summed E-state index contributed by atoms with van der Waals surface area (Å²) >= 11 is 0. The van der Waals surface area contributed by atoms with Crippen LogP contribution in [0.4, 0.5) is 0 Å². The van der Waals surface area contributed by atoms with Crippen molar-refractivity contribution in [3.8, 4) is 0 Å². The molecule has 0 aromatic heterocycles. The molecule has 0 aliphatic carbocycles. The van der Waals surface area contributed by atoms with Crippen molar-refractivity contribution in [3.05, 3.63) is 23.3 Å². The molecule has 0 radical (unpaired) electrons. The fourth-order valence-electron chi connectivity index (χ4n) is 2.16. The van der Waals surface area contributed by atoms with Crippen LogP contribution < -0.4 is 0 Å². The van der Waals surface area contributed by atoms with Crippen LogP contribution in [0.1, 0.15) is 65.2 Å². The highest BCUT2D eigenvalue weighted by atomic mass is 16.3. The minimum absolute atomic E-state index is 0.223. The lowest BCUT2D eigenvalue weighted by Gasteiger charge is -2.10. The molecule has 0 aliphatic heterocycles. The van der Waals surface area contributed by atoms with Gasteiger partial charge in [-0.15, -0.1) is 0 Å². The smallest absolute Gasteiger partial charge is 0.0540 e. The molecule has 0 aromatic rings. The Morgan fingerprint density at radius 3 is 2.30 bits per heavy atom. The van der Waals surface area contributed by atoms with E-state index in [1.165, 1.54) is 18.0 Å². The van der Waals surface area contributed by atoms with Crippen LogP contribution in [0.2, 0.25) is 0 Å². The van der Waals surface area contributed by atoms with Crippen molar-refractivity contribution >= 4 is 12.4 Å². The summed E-state index contributed by atoms with van der Waals surface area (Å²) in [7, 11) is 0. The minimum atomic E-state index is -0.223. The van der Waals surface area contributed by atoms with E-state index in [0.29, 0.717) is 6.42 Å². The highest BCUT2D eigenvalue weighted by Crippen LogP contribution is 2.14. The maximum Gasteiger partial charge on any atom is 0.0540 e. The van der Waals surface area contributed by atoms with Crippen molar-refractivity contribution < 1.29 is 5.11 Å². The summed E-state index contributed by atoms with van der Waals surface area (Å²) in [6, 6.07) is 0. The summed E-state index contributed by atoms with van der Waals surface area (Å²) in [5.41, 5.74) is 2.38. The zero-order valence-corrected chi connectivity index (χ0v) is 13.0. The van der Waals surface area contributed by atoms with Gasteiger partial charge in [-0.25, -0.2) is 0 Å². The summed E-state index contributed by atoms with van der Waals surface area (Å²) in [5.74, 6) is 0. The maximum atomic E-state index is 9.92. The average molecular weight is 278 g/mol. The molecule has 0 fully saturated rings. The molecule has 0 saturated carbocycles. The van der Waals surface area contributed by atoms with Gasteiger partial charge in [-0.3, -0.25) is 0 Å². The van der Waals surface area contributed by atoms with Crippen molar-refractivity contribution in [3.63, 3.8) is 0 Å². The molecule has 1 atom stereocenters. The van der Waals surface area contributed by atoms with Gasteiger partial charge in [0.05, 0.1) is 6.10 Å². The second kappa shape index (κ2) is 12.8. The van der Waals surface area contributed by atoms with E-state index >= 15 is 0 Å². The van der Waals surface area contributed by atoms with Crippen molar-refractivity contribution in [2.24, 2.45) is 0 Å². The van der Waals surface area contributed by atoms with Crippen molar-refractivity contribution in [1.29, 1.82) is 10.8 Å². The van der Waals surface area contributed by atoms with Gasteiger partial charge in [0, 0.05) is 12.6 Å². The minimum Gasteiger partial charge on any atom is -0.393 e. The van der Waals surface area contributed by atoms with Crippen LogP contribution in [0.3, 0.4) is 0 Å². The Kier molecular flexibility index (Phi) is 12.0. The molecular weight excluding hydrogens is 248 g/mol. The Morgan fingerprint density at radius 2 is 1.75 bits per heavy atom. The highest BCUT2D eigenvalue weighted by Gasteiger charge is 2.04. The standard InChI is InChI=1S/C17H30N2O/c1-3-7-16(14-19)10-5-12-17(20)11-4-8-15(2)9-6-13-18/h7,9,13-14,17-20H,3-6,8,10-12H2,1-2H3. The van der Waals surface area contributed by atoms with E-state index in [-0.39, 0.29) is 6.10 Å². The van der Waals surface area contributed by atoms with E-state index in [1.807, 2.05) is 0 Å². The van der Waals surface area contributed by atoms with E-state index in [9.17, 15) is 5.11 Å². The summed E-state index contributed by atoms with van der Waals surface area (Å²) in [5, 5.41) is 24.2. The SMILES string of the molecule is CCC=C(C=N)CCCC(O)CCCC(C)=CCC=N. The molecule has 3 heteroatoms. The van der Waals surface area contributed by atoms with Gasteiger partial charge in [-0.1, -0.05) is 24.6 Å². The fourth-order valence-corrected chi connectivity index (χ4v) is 2.16. The van der Waals surface area contributed by atoms with Gasteiger partial charge in [-0.2, -0.15) is 0 Å². The lowest BCUT2D eigenvalue weighted by molar-refractivity contribution is 0.149. The molecule has 0 spiro atoms. The van der Waals surface area contributed by atoms with Crippen LogP contribution >= 0.6 is 0 Å². The van der Waals surface area contributed by atoms with Gasteiger partial charge in [0.25, 0.3) is 0 Å². The topological polar surface area (TPSA) is 67.9 Å². The quantitative estimate of drug-likeness (QED) is 0.353. The summed E-state index contributed by atoms with van der Waals surface area (Å²) in [6.07, 6.45) is 14.0. The molecule has 0 bridgehead atoms. The van der Waals surface area contributed by atoms with Gasteiger partial charge in [0.15, 0.2) is 0 Å². The number of rotatable bonds is 12. The number of hydrogen-bond donors (Lipinski definition) is 3. The first-order chi connectivity index (χ1) is 9.63. The van der Waals surface area contributed by atoms with Gasteiger partial charge >= 0.3 is 0 Å². The Labute approximate surface area is 123 Å². The van der Waals surface area contributed by atoms with Crippen LogP contribution in [0, 0.1) is 10.8 Å². The van der Waals surface area contributed by atoms with Crippen LogP contribution in [0.15, 0.2) is 23.3 Å². The van der Waals surface area contributed by atoms with Crippen LogP contribution in [-0.2, 0) is 0 Å². The Morgan fingerprint density at radius 1 is 1.10 bits per heavy atom. The van der Waals surface area contributed by atoms with E-state index in [2.05, 4.69) is 26.0 Å². The van der Waals surface area contributed by atoms with Gasteiger partial charge < -0.3 is 15.9 Å². The summed E-state index contributed by atoms with van der Waals surface area (Å²) < 4.78 is 0. The second-order valence-corrected chi connectivity index (χ2v) is 5.26. The van der Waals surface area contributed by atoms with Gasteiger partial charge in [0.1, 0.15) is 0 Å². The number of aliphatic hydroxyl groups is 1. The second-order valence-electron chi connectivity index (χ2n) is 5.26. The highest BCUT2D eigenvalue weighted by molar-refractivity contribution is 5.75. The maximum absolute atomic E-state index is 9.92. The third kappa shape index (κ3) is 10.7. The van der Waals surface area contributed by atoms with Crippen LogP contribution in [0.5, 0.6) is 0 Å². The van der Waals surface area contributed by atoms with E-state index in [4.69, 9.17) is 10.8 Å². The number of allylic oxidation sites excluding steroid dienone is 4. The zero-order valence-electron chi connectivity index (χ0n) is 13.0.